The van der Waals surface area contributed by atoms with Crippen molar-refractivity contribution in [3.8, 4) is 0 Å². The second-order valence-corrected chi connectivity index (χ2v) is 13.8. The van der Waals surface area contributed by atoms with Crippen LogP contribution in [0.2, 0.25) is 0 Å². The summed E-state index contributed by atoms with van der Waals surface area (Å²) in [6.07, 6.45) is 15.8. The third kappa shape index (κ3) is 4.84. The highest BCUT2D eigenvalue weighted by Gasteiger charge is 2.55. The number of fused-ring (bicyclic) bond motifs is 1. The van der Waals surface area contributed by atoms with Gasteiger partial charge in [0.05, 0.1) is 35.7 Å². The maximum Gasteiger partial charge on any atom is 0.249 e. The number of nitrogens with one attached hydrogen (secondary N) is 1. The molecule has 196 valence electrons. The zero-order valence-electron chi connectivity index (χ0n) is 21.1. The third-order valence-electron chi connectivity index (χ3n) is 10.3. The zero-order chi connectivity index (χ0) is 24.0. The molecule has 5 atom stereocenters. The molecule has 5 unspecified atom stereocenters. The van der Waals surface area contributed by atoms with Crippen molar-refractivity contribution in [1.82, 2.24) is 14.5 Å². The lowest BCUT2D eigenvalue weighted by Crippen LogP contribution is -2.62. The predicted molar refractivity (Wildman–Crippen MR) is 136 cm³/mol. The first-order valence-corrected chi connectivity index (χ1v) is 15.3. The number of hydrogen-bond acceptors (Lipinski definition) is 6. The van der Waals surface area contributed by atoms with Gasteiger partial charge in [0.15, 0.2) is 0 Å². The van der Waals surface area contributed by atoms with Crippen LogP contribution in [-0.2, 0) is 20.9 Å². The Hall–Kier alpha value is -0.640. The molecule has 1 amide bonds. The molecule has 0 radical (unpaired) electrons. The Labute approximate surface area is 213 Å². The van der Waals surface area contributed by atoms with E-state index in [2.05, 4.69) is 15.7 Å². The summed E-state index contributed by atoms with van der Waals surface area (Å²) < 4.78 is 21.7. The quantitative estimate of drug-likeness (QED) is 0.559. The maximum atomic E-state index is 13.4. The highest BCUT2D eigenvalue weighted by molar-refractivity contribution is 7.93. The molecule has 2 N–H and O–H groups in total. The summed E-state index contributed by atoms with van der Waals surface area (Å²) in [5.41, 5.74) is -0.693. The SMILES string of the molecule is O=C1COC2(CCN([S+]([O-])C3=CCC(C4CCC5CCCNC5C4)CC3)CC2)CN1C1(CO)CC1. The lowest BCUT2D eigenvalue weighted by atomic mass is 9.68. The largest absolute Gasteiger partial charge is 0.593 e. The molecule has 3 aliphatic carbocycles. The molecule has 0 bridgehead atoms. The van der Waals surface area contributed by atoms with Gasteiger partial charge in [-0.3, -0.25) is 4.79 Å². The van der Waals surface area contributed by atoms with Crippen molar-refractivity contribution in [3.05, 3.63) is 11.0 Å². The number of piperidine rings is 2. The molecule has 8 heteroatoms. The summed E-state index contributed by atoms with van der Waals surface area (Å²) in [5, 5.41) is 13.6. The highest BCUT2D eigenvalue weighted by Crippen LogP contribution is 2.46. The van der Waals surface area contributed by atoms with Crippen LogP contribution in [0, 0.1) is 17.8 Å². The van der Waals surface area contributed by atoms with Gasteiger partial charge in [0.25, 0.3) is 0 Å². The minimum Gasteiger partial charge on any atom is -0.593 e. The molecule has 7 nitrogen and oxygen atoms in total. The fourth-order valence-corrected chi connectivity index (χ4v) is 9.07. The lowest BCUT2D eigenvalue weighted by Gasteiger charge is -2.48. The average molecular weight is 506 g/mol. The molecule has 3 heterocycles. The minimum absolute atomic E-state index is 0.00264. The number of nitrogens with zero attached hydrogens (tertiary/aromatic N) is 2. The van der Waals surface area contributed by atoms with E-state index in [0.29, 0.717) is 6.54 Å². The van der Waals surface area contributed by atoms with Crippen LogP contribution in [0.5, 0.6) is 0 Å². The normalized spacial score (nSPS) is 38.1. The standard InChI is InChI=1S/C27H43N3O4S/c31-19-26(9-10-26)30-18-27(34-17-25(30)32)11-14-29(15-12-27)35(33)23-7-5-20(6-8-23)22-4-3-21-2-1-13-28-24(21)16-22/h7,20-22,24,28,31H,1-6,8-19H2. The predicted octanol–water partition coefficient (Wildman–Crippen LogP) is 2.72. The Morgan fingerprint density at radius 1 is 1.11 bits per heavy atom. The first-order chi connectivity index (χ1) is 17.0. The van der Waals surface area contributed by atoms with Crippen molar-refractivity contribution in [2.24, 2.45) is 17.8 Å². The first-order valence-electron chi connectivity index (χ1n) is 14.2. The first kappa shape index (κ1) is 24.7. The Morgan fingerprint density at radius 3 is 2.63 bits per heavy atom. The third-order valence-corrected chi connectivity index (χ3v) is 12.0. The van der Waals surface area contributed by atoms with E-state index >= 15 is 0 Å². The smallest absolute Gasteiger partial charge is 0.249 e. The van der Waals surface area contributed by atoms with Crippen molar-refractivity contribution < 1.29 is 19.2 Å². The van der Waals surface area contributed by atoms with Gasteiger partial charge in [-0.25, -0.2) is 0 Å². The lowest BCUT2D eigenvalue weighted by molar-refractivity contribution is -0.177. The molecule has 5 fully saturated rings. The van der Waals surface area contributed by atoms with Crippen molar-refractivity contribution >= 4 is 17.3 Å². The second kappa shape index (κ2) is 9.91. The van der Waals surface area contributed by atoms with E-state index in [4.69, 9.17) is 4.74 Å². The maximum absolute atomic E-state index is 13.4. The number of aliphatic hydroxyl groups excluding tert-OH is 1. The van der Waals surface area contributed by atoms with Crippen LogP contribution in [0.1, 0.15) is 77.0 Å². The minimum atomic E-state index is -1.06. The molecular weight excluding hydrogens is 462 g/mol. The fourth-order valence-electron chi connectivity index (χ4n) is 7.69. The van der Waals surface area contributed by atoms with Crippen LogP contribution in [0.3, 0.4) is 0 Å². The molecule has 0 aromatic rings. The molecule has 3 saturated heterocycles. The van der Waals surface area contributed by atoms with Gasteiger partial charge < -0.3 is 24.6 Å². The van der Waals surface area contributed by atoms with Gasteiger partial charge in [-0.2, -0.15) is 0 Å². The monoisotopic (exact) mass is 505 g/mol. The van der Waals surface area contributed by atoms with Crippen LogP contribution >= 0.6 is 0 Å². The molecule has 6 aliphatic rings. The number of rotatable bonds is 5. The zero-order valence-corrected chi connectivity index (χ0v) is 21.9. The number of allylic oxidation sites excluding steroid dienone is 2. The van der Waals surface area contributed by atoms with E-state index in [-0.39, 0.29) is 30.3 Å². The van der Waals surface area contributed by atoms with E-state index in [9.17, 15) is 14.5 Å². The molecule has 6 rings (SSSR count). The van der Waals surface area contributed by atoms with Gasteiger partial charge in [0, 0.05) is 25.6 Å². The van der Waals surface area contributed by atoms with E-state index in [1.165, 1.54) is 45.1 Å². The molecule has 1 spiro atoms. The van der Waals surface area contributed by atoms with Crippen LogP contribution in [0.25, 0.3) is 0 Å². The molecule has 0 aromatic carbocycles. The summed E-state index contributed by atoms with van der Waals surface area (Å²) >= 11 is -1.06. The van der Waals surface area contributed by atoms with Crippen molar-refractivity contribution in [1.29, 1.82) is 0 Å². The number of carbonyl (C=O) groups is 1. The van der Waals surface area contributed by atoms with Crippen LogP contribution < -0.4 is 5.32 Å². The number of carbonyl (C=O) groups excluding carboxylic acids is 1. The number of morpholine rings is 1. The van der Waals surface area contributed by atoms with E-state index < -0.39 is 11.4 Å². The Kier molecular flexibility index (Phi) is 6.99. The van der Waals surface area contributed by atoms with E-state index in [1.54, 1.807) is 0 Å². The Bertz CT molecular complexity index is 825. The van der Waals surface area contributed by atoms with Gasteiger partial charge in [0.2, 0.25) is 5.91 Å². The van der Waals surface area contributed by atoms with Gasteiger partial charge in [-0.1, -0.05) is 0 Å². The van der Waals surface area contributed by atoms with Gasteiger partial charge in [-0.05, 0) is 101 Å². The van der Waals surface area contributed by atoms with Crippen molar-refractivity contribution in [2.75, 3.05) is 39.4 Å². The Balaban J connectivity index is 1.01. The molecule has 3 aliphatic heterocycles. The number of amides is 1. The summed E-state index contributed by atoms with van der Waals surface area (Å²) in [5.74, 6) is 2.49. The summed E-state index contributed by atoms with van der Waals surface area (Å²) in [6, 6.07) is 0.739. The Morgan fingerprint density at radius 2 is 1.91 bits per heavy atom. The van der Waals surface area contributed by atoms with Gasteiger partial charge in [-0.15, -0.1) is 4.31 Å². The number of aliphatic hydroxyl groups is 1. The second-order valence-electron chi connectivity index (χ2n) is 12.3. The van der Waals surface area contributed by atoms with Gasteiger partial charge in [0.1, 0.15) is 11.5 Å². The highest BCUT2D eigenvalue weighted by atomic mass is 32.2. The van der Waals surface area contributed by atoms with Gasteiger partial charge >= 0.3 is 0 Å². The topological polar surface area (TPSA) is 88.1 Å². The molecule has 35 heavy (non-hydrogen) atoms. The van der Waals surface area contributed by atoms with E-state index in [1.807, 2.05) is 4.90 Å². The average Bonchev–Trinajstić information content (AvgIpc) is 3.71. The van der Waals surface area contributed by atoms with Crippen molar-refractivity contribution in [3.63, 3.8) is 0 Å². The summed E-state index contributed by atoms with van der Waals surface area (Å²) in [7, 11) is 0. The van der Waals surface area contributed by atoms with Crippen LogP contribution in [0.15, 0.2) is 11.0 Å². The van der Waals surface area contributed by atoms with E-state index in [0.717, 1.165) is 80.3 Å². The molecule has 0 aromatic heterocycles. The fraction of sp³-hybridized carbons (Fsp3) is 0.889. The molecular formula is C27H43N3O4S. The number of ether oxygens (including phenoxy) is 1. The van der Waals surface area contributed by atoms with Crippen molar-refractivity contribution in [2.45, 2.75) is 94.2 Å². The summed E-state index contributed by atoms with van der Waals surface area (Å²) in [4.78, 5) is 15.5. The van der Waals surface area contributed by atoms with Crippen LogP contribution in [0.4, 0.5) is 0 Å². The number of hydrogen-bond donors (Lipinski definition) is 2. The molecule has 2 saturated carbocycles. The summed E-state index contributed by atoms with van der Waals surface area (Å²) in [6.45, 7) is 3.38. The van der Waals surface area contributed by atoms with Crippen LogP contribution in [-0.4, -0.2) is 81.3 Å².